The van der Waals surface area contributed by atoms with Crippen molar-refractivity contribution in [3.63, 3.8) is 0 Å². The van der Waals surface area contributed by atoms with E-state index >= 15 is 0 Å². The van der Waals surface area contributed by atoms with Crippen molar-refractivity contribution in [1.82, 2.24) is 13.6 Å². The quantitative estimate of drug-likeness (QED) is 0.830. The van der Waals surface area contributed by atoms with Crippen LogP contribution >= 0.6 is 0 Å². The summed E-state index contributed by atoms with van der Waals surface area (Å²) in [5.41, 5.74) is 3.21. The second-order valence-electron chi connectivity index (χ2n) is 7.51. The van der Waals surface area contributed by atoms with Crippen LogP contribution in [0.5, 0.6) is 0 Å². The SMILES string of the molecule is Cc1cc(Nc2cccc(F)c2)cc(C2CCN(S(=O)(=O)N3CCCC3)C2)n1. The Labute approximate surface area is 165 Å². The molecule has 28 heavy (non-hydrogen) atoms. The van der Waals surface area contributed by atoms with E-state index in [0.717, 1.165) is 36.3 Å². The predicted octanol–water partition coefficient (Wildman–Crippen LogP) is 3.40. The zero-order valence-electron chi connectivity index (χ0n) is 15.9. The Hall–Kier alpha value is -2.03. The van der Waals surface area contributed by atoms with Gasteiger partial charge in [-0.2, -0.15) is 17.0 Å². The Morgan fingerprint density at radius 1 is 1.07 bits per heavy atom. The Morgan fingerprint density at radius 2 is 1.86 bits per heavy atom. The van der Waals surface area contributed by atoms with Crippen LogP contribution in [0.25, 0.3) is 0 Å². The van der Waals surface area contributed by atoms with Gasteiger partial charge in [-0.3, -0.25) is 4.98 Å². The third-order valence-electron chi connectivity index (χ3n) is 5.37. The molecule has 0 spiro atoms. The van der Waals surface area contributed by atoms with Gasteiger partial charge in [-0.1, -0.05) is 6.07 Å². The normalized spacial score (nSPS) is 21.3. The lowest BCUT2D eigenvalue weighted by atomic mass is 10.0. The number of hydrogen-bond acceptors (Lipinski definition) is 4. The molecule has 1 aromatic carbocycles. The van der Waals surface area contributed by atoms with Gasteiger partial charge in [0, 0.05) is 54.9 Å². The predicted molar refractivity (Wildman–Crippen MR) is 107 cm³/mol. The summed E-state index contributed by atoms with van der Waals surface area (Å²) in [5, 5.41) is 3.22. The molecular formula is C20H25FN4O2S. The van der Waals surface area contributed by atoms with Crippen molar-refractivity contribution < 1.29 is 12.8 Å². The largest absolute Gasteiger partial charge is 0.355 e. The molecule has 2 saturated heterocycles. The standard InChI is InChI=1S/C20H25FN4O2S/c1-15-11-19(23-18-6-4-5-17(21)12-18)13-20(22-15)16-7-10-25(14-16)28(26,27)24-8-2-3-9-24/h4-6,11-13,16H,2-3,7-10,14H2,1H3,(H,22,23). The van der Waals surface area contributed by atoms with Crippen LogP contribution < -0.4 is 5.32 Å². The van der Waals surface area contributed by atoms with Crippen LogP contribution in [0.1, 0.15) is 36.6 Å². The molecule has 1 atom stereocenters. The highest BCUT2D eigenvalue weighted by atomic mass is 32.2. The number of benzene rings is 1. The van der Waals surface area contributed by atoms with Crippen molar-refractivity contribution in [1.29, 1.82) is 0 Å². The van der Waals surface area contributed by atoms with E-state index in [2.05, 4.69) is 10.3 Å². The molecular weight excluding hydrogens is 379 g/mol. The molecule has 0 amide bonds. The summed E-state index contributed by atoms with van der Waals surface area (Å²) in [7, 11) is -3.37. The van der Waals surface area contributed by atoms with Crippen molar-refractivity contribution in [3.05, 3.63) is 53.6 Å². The highest BCUT2D eigenvalue weighted by Gasteiger charge is 2.37. The Morgan fingerprint density at radius 3 is 2.61 bits per heavy atom. The molecule has 0 saturated carbocycles. The monoisotopic (exact) mass is 404 g/mol. The van der Waals surface area contributed by atoms with Gasteiger partial charge in [0.15, 0.2) is 0 Å². The highest BCUT2D eigenvalue weighted by molar-refractivity contribution is 7.86. The number of aromatic nitrogens is 1. The summed E-state index contributed by atoms with van der Waals surface area (Å²) < 4.78 is 42.2. The third kappa shape index (κ3) is 4.04. The zero-order valence-corrected chi connectivity index (χ0v) is 16.8. The van der Waals surface area contributed by atoms with E-state index in [9.17, 15) is 12.8 Å². The molecule has 2 aliphatic rings. The third-order valence-corrected chi connectivity index (χ3v) is 7.38. The lowest BCUT2D eigenvalue weighted by Crippen LogP contribution is -2.41. The van der Waals surface area contributed by atoms with E-state index in [-0.39, 0.29) is 11.7 Å². The average Bonchev–Trinajstić information content (AvgIpc) is 3.34. The molecule has 1 unspecified atom stereocenters. The summed E-state index contributed by atoms with van der Waals surface area (Å²) in [4.78, 5) is 4.64. The van der Waals surface area contributed by atoms with Crippen LogP contribution in [0.2, 0.25) is 0 Å². The number of rotatable bonds is 5. The Balaban J connectivity index is 1.51. The van der Waals surface area contributed by atoms with Gasteiger partial charge in [-0.25, -0.2) is 4.39 Å². The molecule has 0 bridgehead atoms. The summed E-state index contributed by atoms with van der Waals surface area (Å²) in [6.45, 7) is 4.12. The first kappa shape index (κ1) is 19.3. The molecule has 3 heterocycles. The van der Waals surface area contributed by atoms with Crippen LogP contribution in [-0.2, 0) is 10.2 Å². The van der Waals surface area contributed by atoms with Gasteiger partial charge in [0.05, 0.1) is 0 Å². The van der Waals surface area contributed by atoms with E-state index in [1.165, 1.54) is 12.1 Å². The van der Waals surface area contributed by atoms with Gasteiger partial charge >= 0.3 is 0 Å². The van der Waals surface area contributed by atoms with Crippen molar-refractivity contribution >= 4 is 21.6 Å². The maximum absolute atomic E-state index is 13.4. The molecule has 4 rings (SSSR count). The van der Waals surface area contributed by atoms with Gasteiger partial charge in [0.25, 0.3) is 10.2 Å². The van der Waals surface area contributed by atoms with Crippen molar-refractivity contribution in [2.45, 2.75) is 32.1 Å². The smallest absolute Gasteiger partial charge is 0.281 e. The van der Waals surface area contributed by atoms with Gasteiger partial charge < -0.3 is 5.32 Å². The summed E-state index contributed by atoms with van der Waals surface area (Å²) >= 11 is 0. The van der Waals surface area contributed by atoms with Gasteiger partial charge in [0.1, 0.15) is 5.82 Å². The molecule has 2 aromatic rings. The number of halogens is 1. The van der Waals surface area contributed by atoms with E-state index in [1.54, 1.807) is 20.7 Å². The van der Waals surface area contributed by atoms with Crippen LogP contribution in [0.15, 0.2) is 36.4 Å². The van der Waals surface area contributed by atoms with Crippen LogP contribution in [-0.4, -0.2) is 48.2 Å². The summed E-state index contributed by atoms with van der Waals surface area (Å²) in [6.07, 6.45) is 2.62. The molecule has 150 valence electrons. The van der Waals surface area contributed by atoms with Crippen molar-refractivity contribution in [2.24, 2.45) is 0 Å². The van der Waals surface area contributed by atoms with Gasteiger partial charge in [-0.15, -0.1) is 0 Å². The fraction of sp³-hybridized carbons (Fsp3) is 0.450. The highest BCUT2D eigenvalue weighted by Crippen LogP contribution is 2.32. The second-order valence-corrected chi connectivity index (χ2v) is 9.44. The second kappa shape index (κ2) is 7.77. The first-order valence-electron chi connectivity index (χ1n) is 9.68. The van der Waals surface area contributed by atoms with Crippen LogP contribution in [0.4, 0.5) is 15.8 Å². The molecule has 2 fully saturated rings. The Kier molecular flexibility index (Phi) is 5.35. The number of pyridine rings is 1. The van der Waals surface area contributed by atoms with E-state index < -0.39 is 10.2 Å². The van der Waals surface area contributed by atoms with Crippen molar-refractivity contribution in [3.8, 4) is 0 Å². The van der Waals surface area contributed by atoms with Crippen LogP contribution in [0.3, 0.4) is 0 Å². The number of anilines is 2. The number of aryl methyl sites for hydroxylation is 1. The maximum atomic E-state index is 13.4. The number of nitrogens with zero attached hydrogens (tertiary/aromatic N) is 3. The van der Waals surface area contributed by atoms with Crippen LogP contribution in [0, 0.1) is 12.7 Å². The molecule has 8 heteroatoms. The lowest BCUT2D eigenvalue weighted by Gasteiger charge is -2.23. The first-order valence-corrected chi connectivity index (χ1v) is 11.1. The van der Waals surface area contributed by atoms with E-state index in [4.69, 9.17) is 0 Å². The topological polar surface area (TPSA) is 65.5 Å². The summed E-state index contributed by atoms with van der Waals surface area (Å²) in [5.74, 6) is -0.236. The minimum atomic E-state index is -3.37. The molecule has 0 radical (unpaired) electrons. The fourth-order valence-electron chi connectivity index (χ4n) is 3.97. The van der Waals surface area contributed by atoms with E-state index in [0.29, 0.717) is 31.9 Å². The average molecular weight is 405 g/mol. The zero-order chi connectivity index (χ0) is 19.7. The molecule has 6 nitrogen and oxygen atoms in total. The molecule has 1 aromatic heterocycles. The lowest BCUT2D eigenvalue weighted by molar-refractivity contribution is 0.395. The number of nitrogens with one attached hydrogen (secondary N) is 1. The number of hydrogen-bond donors (Lipinski definition) is 1. The minimum Gasteiger partial charge on any atom is -0.355 e. The maximum Gasteiger partial charge on any atom is 0.281 e. The summed E-state index contributed by atoms with van der Waals surface area (Å²) in [6, 6.07) is 10.2. The molecule has 2 aliphatic heterocycles. The van der Waals surface area contributed by atoms with Gasteiger partial charge in [-0.05, 0) is 56.5 Å². The first-order chi connectivity index (χ1) is 13.4. The fourth-order valence-corrected chi connectivity index (χ4v) is 5.72. The van der Waals surface area contributed by atoms with Crippen molar-refractivity contribution in [2.75, 3.05) is 31.5 Å². The minimum absolute atomic E-state index is 0.0605. The molecule has 0 aliphatic carbocycles. The van der Waals surface area contributed by atoms with Gasteiger partial charge in [0.2, 0.25) is 0 Å². The Bertz CT molecular complexity index is 960. The molecule has 1 N–H and O–H groups in total. The van der Waals surface area contributed by atoms with E-state index in [1.807, 2.05) is 19.1 Å².